The molecule has 0 saturated heterocycles. The Hall–Kier alpha value is -7.26. The average molecular weight is 756 g/mol. The summed E-state index contributed by atoms with van der Waals surface area (Å²) in [5.74, 6) is 0. The fraction of sp³-hybridized carbons (Fsp3) is 0. The lowest BCUT2D eigenvalue weighted by molar-refractivity contribution is 1.28. The molecule has 0 aliphatic heterocycles. The van der Waals surface area contributed by atoms with Crippen molar-refractivity contribution in [3.8, 4) is 44.5 Å². The predicted octanol–water partition coefficient (Wildman–Crippen LogP) is 16.5. The second kappa shape index (κ2) is 14.4. The lowest BCUT2D eigenvalue weighted by Gasteiger charge is -2.29. The van der Waals surface area contributed by atoms with Crippen LogP contribution in [0.2, 0.25) is 0 Å². The van der Waals surface area contributed by atoms with Crippen LogP contribution >= 0.6 is 11.3 Å². The Balaban J connectivity index is 1.11. The fourth-order valence-corrected chi connectivity index (χ4v) is 9.63. The number of thiophene rings is 1. The van der Waals surface area contributed by atoms with Crippen LogP contribution in [0.4, 0.5) is 17.1 Å². The molecule has 11 rings (SSSR count). The van der Waals surface area contributed by atoms with Crippen molar-refractivity contribution in [2.24, 2.45) is 0 Å². The molecule has 10 aromatic carbocycles. The summed E-state index contributed by atoms with van der Waals surface area (Å²) in [6.07, 6.45) is 0. The molecule has 272 valence electrons. The van der Waals surface area contributed by atoms with Crippen molar-refractivity contribution in [2.45, 2.75) is 0 Å². The smallest absolute Gasteiger partial charge is 0.0546 e. The van der Waals surface area contributed by atoms with E-state index in [4.69, 9.17) is 0 Å². The van der Waals surface area contributed by atoms with E-state index < -0.39 is 0 Å². The van der Waals surface area contributed by atoms with E-state index in [1.54, 1.807) is 0 Å². The van der Waals surface area contributed by atoms with E-state index in [0.717, 1.165) is 17.1 Å². The van der Waals surface area contributed by atoms with E-state index in [1.807, 2.05) is 11.3 Å². The Morgan fingerprint density at radius 3 is 1.52 bits per heavy atom. The maximum atomic E-state index is 2.43. The highest BCUT2D eigenvalue weighted by Crippen LogP contribution is 2.47. The molecule has 0 fully saturated rings. The molecule has 1 nitrogen and oxygen atoms in total. The van der Waals surface area contributed by atoms with Gasteiger partial charge in [0.1, 0.15) is 0 Å². The number of anilines is 3. The van der Waals surface area contributed by atoms with Gasteiger partial charge in [-0.3, -0.25) is 0 Å². The molecule has 2 heteroatoms. The van der Waals surface area contributed by atoms with Crippen molar-refractivity contribution < 1.29 is 0 Å². The molecule has 0 aliphatic rings. The monoisotopic (exact) mass is 755 g/mol. The zero-order valence-electron chi connectivity index (χ0n) is 31.7. The van der Waals surface area contributed by atoms with Crippen LogP contribution in [0.1, 0.15) is 0 Å². The Kier molecular flexibility index (Phi) is 8.42. The molecule has 11 aromatic rings. The molecule has 0 spiro atoms. The van der Waals surface area contributed by atoms with Gasteiger partial charge >= 0.3 is 0 Å². The Bertz CT molecular complexity index is 3270. The van der Waals surface area contributed by atoms with Crippen LogP contribution in [-0.2, 0) is 0 Å². The average Bonchev–Trinajstić information content (AvgIpc) is 3.67. The lowest BCUT2D eigenvalue weighted by Crippen LogP contribution is -2.11. The number of fused-ring (bicyclic) bond motifs is 5. The van der Waals surface area contributed by atoms with Gasteiger partial charge in [0, 0.05) is 37.1 Å². The molecule has 1 heterocycles. The molecule has 0 saturated carbocycles. The molecule has 0 bridgehead atoms. The van der Waals surface area contributed by atoms with Crippen LogP contribution < -0.4 is 4.90 Å². The first-order chi connectivity index (χ1) is 28.7. The number of hydrogen-bond donors (Lipinski definition) is 0. The summed E-state index contributed by atoms with van der Waals surface area (Å²) in [7, 11) is 0. The van der Waals surface area contributed by atoms with Gasteiger partial charge in [0.2, 0.25) is 0 Å². The Morgan fingerprint density at radius 2 is 0.810 bits per heavy atom. The van der Waals surface area contributed by atoms with Crippen molar-refractivity contribution in [3.05, 3.63) is 224 Å². The zero-order valence-corrected chi connectivity index (χ0v) is 32.5. The SMILES string of the molecule is c1ccc(-c2ccc(N(c3ccc(-c4ccc5sc6ccccc6c5c4)cc3)c3cccc(-c4ccc5ccccc5c4)c3-c3ccc4ccccc4c3)cc2)cc1. The Labute approximate surface area is 342 Å². The largest absolute Gasteiger partial charge is 0.310 e. The van der Waals surface area contributed by atoms with E-state index in [1.165, 1.54) is 86.2 Å². The van der Waals surface area contributed by atoms with Gasteiger partial charge in [0.25, 0.3) is 0 Å². The van der Waals surface area contributed by atoms with E-state index in [9.17, 15) is 0 Å². The highest BCUT2D eigenvalue weighted by Gasteiger charge is 2.22. The van der Waals surface area contributed by atoms with Crippen LogP contribution in [0.5, 0.6) is 0 Å². The minimum absolute atomic E-state index is 1.09. The van der Waals surface area contributed by atoms with Gasteiger partial charge in [-0.05, 0) is 121 Å². The first kappa shape index (κ1) is 34.0. The number of rotatable bonds is 7. The van der Waals surface area contributed by atoms with Gasteiger partial charge in [0.05, 0.1) is 5.69 Å². The minimum Gasteiger partial charge on any atom is -0.310 e. The fourth-order valence-electron chi connectivity index (χ4n) is 8.54. The Morgan fingerprint density at radius 1 is 0.293 bits per heavy atom. The van der Waals surface area contributed by atoms with Crippen molar-refractivity contribution in [1.82, 2.24) is 0 Å². The molecule has 0 N–H and O–H groups in total. The molecule has 0 aliphatic carbocycles. The van der Waals surface area contributed by atoms with Gasteiger partial charge in [-0.15, -0.1) is 11.3 Å². The van der Waals surface area contributed by atoms with Crippen LogP contribution in [0.3, 0.4) is 0 Å². The number of nitrogens with zero attached hydrogens (tertiary/aromatic N) is 1. The highest BCUT2D eigenvalue weighted by atomic mass is 32.1. The normalized spacial score (nSPS) is 11.4. The summed E-state index contributed by atoms with van der Waals surface area (Å²) < 4.78 is 2.64. The van der Waals surface area contributed by atoms with Gasteiger partial charge < -0.3 is 4.90 Å². The van der Waals surface area contributed by atoms with Crippen molar-refractivity contribution in [1.29, 1.82) is 0 Å². The topological polar surface area (TPSA) is 3.24 Å². The van der Waals surface area contributed by atoms with Gasteiger partial charge in [-0.25, -0.2) is 0 Å². The molecular formula is C56H37NS. The van der Waals surface area contributed by atoms with Crippen molar-refractivity contribution >= 4 is 70.1 Å². The maximum Gasteiger partial charge on any atom is 0.0546 e. The highest BCUT2D eigenvalue weighted by molar-refractivity contribution is 7.25. The summed E-state index contributed by atoms with van der Waals surface area (Å²) in [5, 5.41) is 7.55. The quantitative estimate of drug-likeness (QED) is 0.157. The standard InChI is InChI=1S/C56H37NS/c1-2-11-38(12-3-1)41-25-30-48(31-26-41)57(49-32-27-42(28-33-49)45-29-34-55-52(37-45)51-17-8-9-20-54(51)58-55)53-19-10-18-50(46-23-21-39-13-4-6-15-43(39)35-46)56(53)47-24-22-40-14-5-7-16-44(40)36-47/h1-37H. The first-order valence-electron chi connectivity index (χ1n) is 19.8. The van der Waals surface area contributed by atoms with Crippen LogP contribution in [0, 0.1) is 0 Å². The molecular weight excluding hydrogens is 719 g/mol. The summed E-state index contributed by atoms with van der Waals surface area (Å²) in [4.78, 5) is 2.43. The van der Waals surface area contributed by atoms with Gasteiger partial charge in [0.15, 0.2) is 0 Å². The summed E-state index contributed by atoms with van der Waals surface area (Å²) in [6, 6.07) is 82.2. The van der Waals surface area contributed by atoms with Crippen LogP contribution in [0.15, 0.2) is 224 Å². The summed E-state index contributed by atoms with van der Waals surface area (Å²) in [5.41, 5.74) is 12.9. The zero-order chi connectivity index (χ0) is 38.4. The van der Waals surface area contributed by atoms with Crippen LogP contribution in [0.25, 0.3) is 86.2 Å². The number of hydrogen-bond acceptors (Lipinski definition) is 2. The van der Waals surface area contributed by atoms with E-state index in [2.05, 4.69) is 229 Å². The van der Waals surface area contributed by atoms with Gasteiger partial charge in [-0.2, -0.15) is 0 Å². The summed E-state index contributed by atoms with van der Waals surface area (Å²) in [6.45, 7) is 0. The molecule has 0 amide bonds. The molecule has 1 aromatic heterocycles. The number of benzene rings is 10. The third-order valence-corrected chi connectivity index (χ3v) is 12.6. The third-order valence-electron chi connectivity index (χ3n) is 11.5. The predicted molar refractivity (Wildman–Crippen MR) is 251 cm³/mol. The van der Waals surface area contributed by atoms with Gasteiger partial charge in [-0.1, -0.05) is 164 Å². The van der Waals surface area contributed by atoms with Crippen molar-refractivity contribution in [2.75, 3.05) is 4.90 Å². The molecule has 0 radical (unpaired) electrons. The van der Waals surface area contributed by atoms with E-state index in [-0.39, 0.29) is 0 Å². The second-order valence-electron chi connectivity index (χ2n) is 14.9. The third kappa shape index (κ3) is 6.12. The molecule has 58 heavy (non-hydrogen) atoms. The van der Waals surface area contributed by atoms with Crippen LogP contribution in [-0.4, -0.2) is 0 Å². The first-order valence-corrected chi connectivity index (χ1v) is 20.6. The van der Waals surface area contributed by atoms with Crippen molar-refractivity contribution in [3.63, 3.8) is 0 Å². The lowest BCUT2D eigenvalue weighted by atomic mass is 9.90. The second-order valence-corrected chi connectivity index (χ2v) is 16.0. The molecule has 0 atom stereocenters. The minimum atomic E-state index is 1.09. The maximum absolute atomic E-state index is 2.43. The molecule has 0 unspecified atom stereocenters. The van der Waals surface area contributed by atoms with E-state index >= 15 is 0 Å². The van der Waals surface area contributed by atoms with E-state index in [0.29, 0.717) is 0 Å². The summed E-state index contributed by atoms with van der Waals surface area (Å²) >= 11 is 1.86.